The fraction of sp³-hybridized carbons (Fsp3) is 0.875. The molecule has 0 spiro atoms. The number of hydrogen-bond acceptors (Lipinski definition) is 2. The van der Waals surface area contributed by atoms with E-state index in [-0.39, 0.29) is 17.4 Å². The van der Waals surface area contributed by atoms with Crippen molar-refractivity contribution in [3.05, 3.63) is 0 Å². The van der Waals surface area contributed by atoms with Gasteiger partial charge in [-0.25, -0.2) is 0 Å². The molecule has 0 radical (unpaired) electrons. The van der Waals surface area contributed by atoms with E-state index in [1.807, 2.05) is 14.1 Å². The Kier molecular flexibility index (Phi) is 1.92. The number of primary amides is 1. The molecule has 1 unspecified atom stereocenters. The zero-order valence-electron chi connectivity index (χ0n) is 7.42. The molecule has 1 saturated carbocycles. The van der Waals surface area contributed by atoms with Crippen LogP contribution in [0.25, 0.3) is 0 Å². The summed E-state index contributed by atoms with van der Waals surface area (Å²) in [6.45, 7) is 2.05. The highest BCUT2D eigenvalue weighted by Crippen LogP contribution is 2.49. The van der Waals surface area contributed by atoms with Crippen molar-refractivity contribution in [2.75, 3.05) is 14.1 Å². The smallest absolute Gasteiger partial charge is 0.225 e. The lowest BCUT2D eigenvalue weighted by molar-refractivity contribution is -0.125. The van der Waals surface area contributed by atoms with Crippen LogP contribution in [0.3, 0.4) is 0 Å². The van der Waals surface area contributed by atoms with Crippen LogP contribution in [0.1, 0.15) is 19.8 Å². The number of nitrogens with zero attached hydrogens (tertiary/aromatic N) is 1. The van der Waals surface area contributed by atoms with E-state index in [1.165, 1.54) is 0 Å². The van der Waals surface area contributed by atoms with E-state index in [9.17, 15) is 4.79 Å². The monoisotopic (exact) mass is 156 g/mol. The van der Waals surface area contributed by atoms with Crippen molar-refractivity contribution in [1.82, 2.24) is 4.90 Å². The summed E-state index contributed by atoms with van der Waals surface area (Å²) >= 11 is 0. The van der Waals surface area contributed by atoms with Gasteiger partial charge in [-0.3, -0.25) is 4.79 Å². The SMILES string of the molecule is CC(N(C)C)C1(C(N)=O)CC1. The summed E-state index contributed by atoms with van der Waals surface area (Å²) in [5.74, 6) is -0.140. The second-order valence-corrected chi connectivity index (χ2v) is 3.66. The van der Waals surface area contributed by atoms with Gasteiger partial charge in [-0.05, 0) is 33.9 Å². The molecular formula is C8H16N2O. The maximum Gasteiger partial charge on any atom is 0.225 e. The number of rotatable bonds is 3. The highest BCUT2D eigenvalue weighted by molar-refractivity contribution is 5.84. The predicted octanol–water partition coefficient (Wildman–Crippen LogP) is 0.202. The summed E-state index contributed by atoms with van der Waals surface area (Å²) in [7, 11) is 3.96. The lowest BCUT2D eigenvalue weighted by atomic mass is 9.96. The Morgan fingerprint density at radius 1 is 1.55 bits per heavy atom. The summed E-state index contributed by atoms with van der Waals surface area (Å²) < 4.78 is 0. The quantitative estimate of drug-likeness (QED) is 0.634. The number of nitrogens with two attached hydrogens (primary N) is 1. The summed E-state index contributed by atoms with van der Waals surface area (Å²) in [5.41, 5.74) is 5.10. The average Bonchev–Trinajstić information content (AvgIpc) is 2.65. The van der Waals surface area contributed by atoms with Crippen molar-refractivity contribution in [2.45, 2.75) is 25.8 Å². The first-order valence-electron chi connectivity index (χ1n) is 3.97. The van der Waals surface area contributed by atoms with Gasteiger partial charge < -0.3 is 10.6 Å². The Bertz CT molecular complexity index is 173. The fourth-order valence-electron chi connectivity index (χ4n) is 1.50. The Labute approximate surface area is 67.5 Å². The first-order chi connectivity index (χ1) is 5.00. The normalized spacial score (nSPS) is 23.3. The Balaban J connectivity index is 2.65. The molecule has 2 N–H and O–H groups in total. The standard InChI is InChI=1S/C8H16N2O/c1-6(10(2)3)8(4-5-8)7(9)11/h6H,4-5H2,1-3H3,(H2,9,11). The molecule has 11 heavy (non-hydrogen) atoms. The minimum atomic E-state index is -0.205. The largest absolute Gasteiger partial charge is 0.369 e. The van der Waals surface area contributed by atoms with Crippen LogP contribution in [0.4, 0.5) is 0 Å². The van der Waals surface area contributed by atoms with Crippen molar-refractivity contribution in [1.29, 1.82) is 0 Å². The Morgan fingerprint density at radius 3 is 2.09 bits per heavy atom. The van der Waals surface area contributed by atoms with Crippen LogP contribution in [-0.4, -0.2) is 30.9 Å². The van der Waals surface area contributed by atoms with Gasteiger partial charge in [0.1, 0.15) is 0 Å². The van der Waals surface area contributed by atoms with Gasteiger partial charge in [0, 0.05) is 6.04 Å². The van der Waals surface area contributed by atoms with E-state index in [4.69, 9.17) is 5.73 Å². The molecule has 0 aromatic heterocycles. The van der Waals surface area contributed by atoms with Crippen molar-refractivity contribution in [3.63, 3.8) is 0 Å². The molecule has 64 valence electrons. The van der Waals surface area contributed by atoms with Crippen LogP contribution in [-0.2, 0) is 4.79 Å². The number of amides is 1. The van der Waals surface area contributed by atoms with Crippen molar-refractivity contribution >= 4 is 5.91 Å². The average molecular weight is 156 g/mol. The van der Waals surface area contributed by atoms with E-state index in [1.54, 1.807) is 0 Å². The second-order valence-electron chi connectivity index (χ2n) is 3.66. The number of carbonyl (C=O) groups excluding carboxylic acids is 1. The van der Waals surface area contributed by atoms with Crippen LogP contribution in [0, 0.1) is 5.41 Å². The maximum atomic E-state index is 11.0. The molecule has 0 saturated heterocycles. The maximum absolute atomic E-state index is 11.0. The third-order valence-electron chi connectivity index (χ3n) is 2.85. The zero-order valence-corrected chi connectivity index (χ0v) is 7.42. The first-order valence-corrected chi connectivity index (χ1v) is 3.97. The minimum Gasteiger partial charge on any atom is -0.369 e. The van der Waals surface area contributed by atoms with Crippen molar-refractivity contribution < 1.29 is 4.79 Å². The molecule has 1 amide bonds. The zero-order chi connectivity index (χ0) is 8.65. The highest BCUT2D eigenvalue weighted by atomic mass is 16.1. The van der Waals surface area contributed by atoms with Gasteiger partial charge in [-0.2, -0.15) is 0 Å². The summed E-state index contributed by atoms with van der Waals surface area (Å²) in [6.07, 6.45) is 1.92. The molecule has 0 aliphatic heterocycles. The van der Waals surface area contributed by atoms with E-state index in [0.29, 0.717) is 0 Å². The van der Waals surface area contributed by atoms with Crippen LogP contribution < -0.4 is 5.73 Å². The molecule has 1 aliphatic carbocycles. The molecule has 1 fully saturated rings. The van der Waals surface area contributed by atoms with Gasteiger partial charge in [0.2, 0.25) is 5.91 Å². The molecule has 0 aromatic carbocycles. The van der Waals surface area contributed by atoms with Crippen LogP contribution in [0.15, 0.2) is 0 Å². The van der Waals surface area contributed by atoms with Gasteiger partial charge in [0.15, 0.2) is 0 Å². The molecule has 0 heterocycles. The molecule has 1 atom stereocenters. The molecule has 3 heteroatoms. The fourth-order valence-corrected chi connectivity index (χ4v) is 1.50. The molecule has 1 aliphatic rings. The van der Waals surface area contributed by atoms with E-state index >= 15 is 0 Å². The molecule has 1 rings (SSSR count). The van der Waals surface area contributed by atoms with Gasteiger partial charge >= 0.3 is 0 Å². The van der Waals surface area contributed by atoms with E-state index in [2.05, 4.69) is 11.8 Å². The Hall–Kier alpha value is -0.570. The lowest BCUT2D eigenvalue weighted by Crippen LogP contribution is -2.41. The topological polar surface area (TPSA) is 46.3 Å². The molecular weight excluding hydrogens is 140 g/mol. The predicted molar refractivity (Wildman–Crippen MR) is 44.0 cm³/mol. The molecule has 3 nitrogen and oxygen atoms in total. The van der Waals surface area contributed by atoms with Gasteiger partial charge in [0.05, 0.1) is 5.41 Å². The molecule has 0 bridgehead atoms. The number of carbonyl (C=O) groups is 1. The van der Waals surface area contributed by atoms with Gasteiger partial charge in [-0.1, -0.05) is 0 Å². The third-order valence-corrected chi connectivity index (χ3v) is 2.85. The second kappa shape index (κ2) is 2.48. The summed E-state index contributed by atoms with van der Waals surface area (Å²) in [4.78, 5) is 13.1. The van der Waals surface area contributed by atoms with Gasteiger partial charge in [0.25, 0.3) is 0 Å². The van der Waals surface area contributed by atoms with Crippen molar-refractivity contribution in [3.8, 4) is 0 Å². The highest BCUT2D eigenvalue weighted by Gasteiger charge is 2.53. The number of hydrogen-bond donors (Lipinski definition) is 1. The summed E-state index contributed by atoms with van der Waals surface area (Å²) in [5, 5.41) is 0. The van der Waals surface area contributed by atoms with E-state index in [0.717, 1.165) is 12.8 Å². The van der Waals surface area contributed by atoms with Crippen LogP contribution in [0.5, 0.6) is 0 Å². The first kappa shape index (κ1) is 8.53. The van der Waals surface area contributed by atoms with E-state index < -0.39 is 0 Å². The van der Waals surface area contributed by atoms with Crippen LogP contribution in [0.2, 0.25) is 0 Å². The summed E-state index contributed by atoms with van der Waals surface area (Å²) in [6, 6.07) is 0.278. The third kappa shape index (κ3) is 1.25. The van der Waals surface area contributed by atoms with Crippen molar-refractivity contribution in [2.24, 2.45) is 11.1 Å². The van der Waals surface area contributed by atoms with Gasteiger partial charge in [-0.15, -0.1) is 0 Å². The van der Waals surface area contributed by atoms with Crippen LogP contribution >= 0.6 is 0 Å². The molecule has 0 aromatic rings. The lowest BCUT2D eigenvalue weighted by Gasteiger charge is -2.26. The Morgan fingerprint density at radius 2 is 2.00 bits per heavy atom. The minimum absolute atomic E-state index is 0.140.